The first-order valence-corrected chi connectivity index (χ1v) is 5.87. The van der Waals surface area contributed by atoms with Crippen molar-refractivity contribution in [3.05, 3.63) is 0 Å². The molecule has 0 atom stereocenters. The Morgan fingerprint density at radius 1 is 1.36 bits per heavy atom. The van der Waals surface area contributed by atoms with Crippen LogP contribution >= 0.6 is 0 Å². The molecule has 82 valence electrons. The third-order valence-electron chi connectivity index (χ3n) is 3.66. The summed E-state index contributed by atoms with van der Waals surface area (Å²) in [5.41, 5.74) is -0.399. The van der Waals surface area contributed by atoms with Crippen LogP contribution in [0.2, 0.25) is 0 Å². The quantitative estimate of drug-likeness (QED) is 0.691. The smallest absolute Gasteiger partial charge is 0.0798 e. The Balaban J connectivity index is 1.74. The predicted octanol–water partition coefficient (Wildman–Crippen LogP) is 0.443. The SMILES string of the molecule is CCC1CN(CC2(O)CCNCC2)C1. The van der Waals surface area contributed by atoms with Crippen LogP contribution in [0.1, 0.15) is 26.2 Å². The van der Waals surface area contributed by atoms with E-state index in [-0.39, 0.29) is 0 Å². The summed E-state index contributed by atoms with van der Waals surface area (Å²) < 4.78 is 0. The second kappa shape index (κ2) is 4.17. The van der Waals surface area contributed by atoms with Gasteiger partial charge >= 0.3 is 0 Å². The summed E-state index contributed by atoms with van der Waals surface area (Å²) in [6.45, 7) is 7.49. The molecule has 0 radical (unpaired) electrons. The molecule has 0 aromatic rings. The molecule has 14 heavy (non-hydrogen) atoms. The molecule has 2 fully saturated rings. The first-order valence-electron chi connectivity index (χ1n) is 5.87. The van der Waals surface area contributed by atoms with Crippen molar-refractivity contribution in [3.8, 4) is 0 Å². The number of likely N-dealkylation sites (tertiary alicyclic amines) is 1. The van der Waals surface area contributed by atoms with Gasteiger partial charge in [-0.05, 0) is 31.8 Å². The number of rotatable bonds is 3. The Bertz CT molecular complexity index is 184. The number of nitrogens with zero attached hydrogens (tertiary/aromatic N) is 1. The minimum absolute atomic E-state index is 0.399. The fourth-order valence-electron chi connectivity index (χ4n) is 2.53. The minimum atomic E-state index is -0.399. The van der Waals surface area contributed by atoms with Crippen LogP contribution in [-0.2, 0) is 0 Å². The Morgan fingerprint density at radius 2 is 2.00 bits per heavy atom. The second-order valence-corrected chi connectivity index (χ2v) is 4.94. The lowest BCUT2D eigenvalue weighted by atomic mass is 9.88. The molecule has 2 heterocycles. The molecule has 0 saturated carbocycles. The third-order valence-corrected chi connectivity index (χ3v) is 3.66. The Hall–Kier alpha value is -0.120. The first-order chi connectivity index (χ1) is 6.72. The van der Waals surface area contributed by atoms with Gasteiger partial charge in [-0.15, -0.1) is 0 Å². The average Bonchev–Trinajstić information content (AvgIpc) is 2.12. The van der Waals surface area contributed by atoms with Crippen LogP contribution in [0.15, 0.2) is 0 Å². The predicted molar refractivity (Wildman–Crippen MR) is 57.3 cm³/mol. The molecule has 0 unspecified atom stereocenters. The molecule has 2 rings (SSSR count). The molecular formula is C11H22N2O. The van der Waals surface area contributed by atoms with E-state index in [1.165, 1.54) is 19.5 Å². The normalized spacial score (nSPS) is 28.7. The highest BCUT2D eigenvalue weighted by Gasteiger charge is 2.35. The van der Waals surface area contributed by atoms with Crippen molar-refractivity contribution >= 4 is 0 Å². The highest BCUT2D eigenvalue weighted by Crippen LogP contribution is 2.25. The van der Waals surface area contributed by atoms with Crippen molar-refractivity contribution in [1.29, 1.82) is 0 Å². The molecular weight excluding hydrogens is 176 g/mol. The Morgan fingerprint density at radius 3 is 2.57 bits per heavy atom. The van der Waals surface area contributed by atoms with E-state index < -0.39 is 5.60 Å². The van der Waals surface area contributed by atoms with Gasteiger partial charge in [-0.25, -0.2) is 0 Å². The zero-order valence-electron chi connectivity index (χ0n) is 9.13. The summed E-state index contributed by atoms with van der Waals surface area (Å²) in [4.78, 5) is 2.40. The molecule has 3 nitrogen and oxygen atoms in total. The van der Waals surface area contributed by atoms with Crippen LogP contribution < -0.4 is 5.32 Å². The van der Waals surface area contributed by atoms with Gasteiger partial charge in [0.15, 0.2) is 0 Å². The largest absolute Gasteiger partial charge is 0.388 e. The average molecular weight is 198 g/mol. The van der Waals surface area contributed by atoms with Gasteiger partial charge in [0.25, 0.3) is 0 Å². The molecule has 0 aliphatic carbocycles. The van der Waals surface area contributed by atoms with Gasteiger partial charge in [0.1, 0.15) is 0 Å². The number of β-amino-alcohol motifs (C(OH)–C–C–N with tert-alkyl or cyclic N) is 1. The second-order valence-electron chi connectivity index (χ2n) is 4.94. The van der Waals surface area contributed by atoms with Crippen molar-refractivity contribution in [2.24, 2.45) is 5.92 Å². The minimum Gasteiger partial charge on any atom is -0.388 e. The Labute approximate surface area is 86.5 Å². The molecule has 0 aromatic carbocycles. The maximum absolute atomic E-state index is 10.3. The van der Waals surface area contributed by atoms with Crippen molar-refractivity contribution < 1.29 is 5.11 Å². The molecule has 2 aliphatic heterocycles. The summed E-state index contributed by atoms with van der Waals surface area (Å²) in [5.74, 6) is 0.889. The molecule has 3 heteroatoms. The topological polar surface area (TPSA) is 35.5 Å². The molecule has 2 aliphatic rings. The van der Waals surface area contributed by atoms with Crippen LogP contribution in [-0.4, -0.2) is 48.3 Å². The van der Waals surface area contributed by atoms with E-state index in [0.717, 1.165) is 38.4 Å². The summed E-state index contributed by atoms with van der Waals surface area (Å²) in [6, 6.07) is 0. The van der Waals surface area contributed by atoms with E-state index in [4.69, 9.17) is 0 Å². The molecule has 2 N–H and O–H groups in total. The van der Waals surface area contributed by atoms with E-state index in [2.05, 4.69) is 17.1 Å². The van der Waals surface area contributed by atoms with E-state index in [9.17, 15) is 5.11 Å². The first kappa shape index (κ1) is 10.4. The number of aliphatic hydroxyl groups is 1. The lowest BCUT2D eigenvalue weighted by Crippen LogP contribution is -2.56. The van der Waals surface area contributed by atoms with Gasteiger partial charge in [0, 0.05) is 19.6 Å². The number of nitrogens with one attached hydrogen (secondary N) is 1. The summed E-state index contributed by atoms with van der Waals surface area (Å²) in [7, 11) is 0. The summed E-state index contributed by atoms with van der Waals surface area (Å²) in [6.07, 6.45) is 3.12. The third kappa shape index (κ3) is 2.27. The van der Waals surface area contributed by atoms with Crippen LogP contribution in [0.3, 0.4) is 0 Å². The number of hydrogen-bond acceptors (Lipinski definition) is 3. The van der Waals surface area contributed by atoms with E-state index >= 15 is 0 Å². The maximum Gasteiger partial charge on any atom is 0.0798 e. The van der Waals surface area contributed by atoms with Crippen LogP contribution in [0.5, 0.6) is 0 Å². The van der Waals surface area contributed by atoms with Crippen LogP contribution in [0, 0.1) is 5.92 Å². The van der Waals surface area contributed by atoms with Gasteiger partial charge in [0.2, 0.25) is 0 Å². The van der Waals surface area contributed by atoms with Gasteiger partial charge < -0.3 is 10.4 Å². The van der Waals surface area contributed by atoms with Crippen LogP contribution in [0.4, 0.5) is 0 Å². The summed E-state index contributed by atoms with van der Waals surface area (Å²) in [5, 5.41) is 13.6. The van der Waals surface area contributed by atoms with Gasteiger partial charge in [-0.3, -0.25) is 4.90 Å². The number of hydrogen-bond donors (Lipinski definition) is 2. The fraction of sp³-hybridized carbons (Fsp3) is 1.00. The fourth-order valence-corrected chi connectivity index (χ4v) is 2.53. The zero-order chi connectivity index (χ0) is 10.0. The van der Waals surface area contributed by atoms with Crippen molar-refractivity contribution in [2.75, 3.05) is 32.7 Å². The van der Waals surface area contributed by atoms with Crippen LogP contribution in [0.25, 0.3) is 0 Å². The molecule has 0 aromatic heterocycles. The van der Waals surface area contributed by atoms with Crippen molar-refractivity contribution in [2.45, 2.75) is 31.8 Å². The molecule has 0 spiro atoms. The van der Waals surface area contributed by atoms with E-state index in [1.54, 1.807) is 0 Å². The van der Waals surface area contributed by atoms with Crippen molar-refractivity contribution in [3.63, 3.8) is 0 Å². The Kier molecular flexibility index (Phi) is 3.10. The molecule has 0 bridgehead atoms. The van der Waals surface area contributed by atoms with E-state index in [0.29, 0.717) is 0 Å². The van der Waals surface area contributed by atoms with E-state index in [1.807, 2.05) is 0 Å². The summed E-state index contributed by atoms with van der Waals surface area (Å²) >= 11 is 0. The molecule has 2 saturated heterocycles. The maximum atomic E-state index is 10.3. The molecule has 0 amide bonds. The van der Waals surface area contributed by atoms with Gasteiger partial charge in [0.05, 0.1) is 5.60 Å². The lowest BCUT2D eigenvalue weighted by molar-refractivity contribution is -0.0492. The number of piperidine rings is 1. The standard InChI is InChI=1S/C11H22N2O/c1-2-10-7-13(8-10)9-11(14)3-5-12-6-4-11/h10,12,14H,2-9H2,1H3. The lowest BCUT2D eigenvalue weighted by Gasteiger charge is -2.44. The zero-order valence-corrected chi connectivity index (χ0v) is 9.13. The highest BCUT2D eigenvalue weighted by molar-refractivity contribution is 4.91. The van der Waals surface area contributed by atoms with Gasteiger partial charge in [-0.1, -0.05) is 13.3 Å². The monoisotopic (exact) mass is 198 g/mol. The highest BCUT2D eigenvalue weighted by atomic mass is 16.3. The van der Waals surface area contributed by atoms with Gasteiger partial charge in [-0.2, -0.15) is 0 Å². The van der Waals surface area contributed by atoms with Crippen molar-refractivity contribution in [1.82, 2.24) is 10.2 Å².